The molecule has 2 N–H and O–H groups in total. The van der Waals surface area contributed by atoms with E-state index in [0.717, 1.165) is 28.7 Å². The van der Waals surface area contributed by atoms with Crippen molar-refractivity contribution in [2.24, 2.45) is 4.99 Å². The second kappa shape index (κ2) is 12.3. The number of para-hydroxylation sites is 2. The molecule has 0 atom stereocenters. The van der Waals surface area contributed by atoms with Crippen LogP contribution in [-0.4, -0.2) is 18.6 Å². The van der Waals surface area contributed by atoms with E-state index < -0.39 is 11.7 Å². The number of hydrogen-bond acceptors (Lipinski definition) is 3. The van der Waals surface area contributed by atoms with Gasteiger partial charge in [0.1, 0.15) is 5.84 Å². The van der Waals surface area contributed by atoms with Crippen LogP contribution in [0.25, 0.3) is 4.91 Å². The molecule has 0 heterocycles. The Morgan fingerprint density at radius 1 is 0.943 bits per heavy atom. The smallest absolute Gasteiger partial charge is 0.354 e. The van der Waals surface area contributed by atoms with Gasteiger partial charge in [0.15, 0.2) is 0 Å². The molecule has 0 aliphatic carbocycles. The molecule has 0 aliphatic rings. The lowest BCUT2D eigenvalue weighted by atomic mass is 10.1. The number of halogens is 3. The summed E-state index contributed by atoms with van der Waals surface area (Å²) in [5, 5.41) is 6.17. The highest BCUT2D eigenvalue weighted by atomic mass is 32.2. The Labute approximate surface area is 208 Å². The summed E-state index contributed by atoms with van der Waals surface area (Å²) in [5.74, 6) is 1.46. The summed E-state index contributed by atoms with van der Waals surface area (Å²) in [6.07, 6.45) is -1.47. The molecule has 0 aliphatic heterocycles. The molecule has 0 saturated heterocycles. The Kier molecular flexibility index (Phi) is 9.20. The Bertz CT molecular complexity index is 1200. The predicted octanol–water partition coefficient (Wildman–Crippen LogP) is 8.11. The minimum Gasteiger partial charge on any atom is -0.354 e. The van der Waals surface area contributed by atoms with Gasteiger partial charge in [0, 0.05) is 28.9 Å². The first-order valence-corrected chi connectivity index (χ1v) is 12.2. The van der Waals surface area contributed by atoms with Crippen LogP contribution in [0.2, 0.25) is 0 Å². The van der Waals surface area contributed by atoms with Gasteiger partial charge in [-0.05, 0) is 48.1 Å². The quantitative estimate of drug-likeness (QED) is 0.179. The predicted molar refractivity (Wildman–Crippen MR) is 143 cm³/mol. The normalized spacial score (nSPS) is 12.4. The molecule has 3 nitrogen and oxygen atoms in total. The lowest BCUT2D eigenvalue weighted by molar-refractivity contribution is -0.136. The van der Waals surface area contributed by atoms with E-state index in [4.69, 9.17) is 0 Å². The highest BCUT2D eigenvalue weighted by Gasteiger charge is 2.33. The van der Waals surface area contributed by atoms with E-state index in [9.17, 15) is 13.2 Å². The van der Waals surface area contributed by atoms with Crippen LogP contribution in [0, 0.1) is 0 Å². The van der Waals surface area contributed by atoms with Gasteiger partial charge < -0.3 is 10.6 Å². The van der Waals surface area contributed by atoms with Gasteiger partial charge in [-0.15, -0.1) is 11.8 Å². The molecule has 0 aromatic heterocycles. The first-order chi connectivity index (χ1) is 16.8. The number of allylic oxidation sites excluding steroid dienone is 1. The van der Waals surface area contributed by atoms with Gasteiger partial charge in [0.05, 0.1) is 11.3 Å². The van der Waals surface area contributed by atoms with Gasteiger partial charge in [-0.3, -0.25) is 4.99 Å². The number of alkyl halides is 3. The molecular weight excluding hydrogens is 467 g/mol. The summed E-state index contributed by atoms with van der Waals surface area (Å²) in [4.78, 5) is 5.44. The molecule has 35 heavy (non-hydrogen) atoms. The van der Waals surface area contributed by atoms with Gasteiger partial charge in [-0.1, -0.05) is 68.1 Å². The Hall–Kier alpha value is -3.45. The van der Waals surface area contributed by atoms with E-state index in [0.29, 0.717) is 22.8 Å². The molecule has 0 saturated carbocycles. The summed E-state index contributed by atoms with van der Waals surface area (Å²) < 4.78 is 40.5. The van der Waals surface area contributed by atoms with Crippen molar-refractivity contribution in [2.45, 2.75) is 19.5 Å². The molecule has 3 aromatic rings. The number of amidine groups is 1. The number of nitrogens with one attached hydrogen (secondary N) is 2. The van der Waals surface area contributed by atoms with Crippen molar-refractivity contribution < 1.29 is 13.2 Å². The first-order valence-electron chi connectivity index (χ1n) is 11.2. The molecule has 182 valence electrons. The van der Waals surface area contributed by atoms with Crippen molar-refractivity contribution in [3.63, 3.8) is 0 Å². The third kappa shape index (κ3) is 7.26. The number of hydrogen-bond donors (Lipinski definition) is 2. The van der Waals surface area contributed by atoms with Crippen molar-refractivity contribution >= 4 is 33.9 Å². The Morgan fingerprint density at radius 3 is 2.23 bits per heavy atom. The topological polar surface area (TPSA) is 36.4 Å². The van der Waals surface area contributed by atoms with Crippen LogP contribution >= 0.6 is 11.8 Å². The number of aliphatic imine (C=N–C) groups is 1. The average molecular weight is 496 g/mol. The zero-order valence-corrected chi connectivity index (χ0v) is 20.5. The summed E-state index contributed by atoms with van der Waals surface area (Å²) in [6, 6.07) is 22.6. The number of nitrogens with zero attached hydrogens (tertiary/aromatic N) is 1. The molecule has 7 heteroatoms. The Balaban J connectivity index is 1.88. The second-order valence-electron chi connectivity index (χ2n) is 7.66. The van der Waals surface area contributed by atoms with Crippen LogP contribution in [0.4, 0.5) is 24.5 Å². The third-order valence-corrected chi connectivity index (χ3v) is 6.29. The lowest BCUT2D eigenvalue weighted by Gasteiger charge is -2.18. The van der Waals surface area contributed by atoms with Gasteiger partial charge >= 0.3 is 6.18 Å². The summed E-state index contributed by atoms with van der Waals surface area (Å²) in [5.41, 5.74) is 2.09. The van der Waals surface area contributed by atoms with E-state index in [1.165, 1.54) is 12.1 Å². The molecule has 0 bridgehead atoms. The summed E-state index contributed by atoms with van der Waals surface area (Å²) >= 11 is 1.74. The second-order valence-corrected chi connectivity index (χ2v) is 8.80. The van der Waals surface area contributed by atoms with Crippen LogP contribution < -0.4 is 10.6 Å². The SMILES string of the molecule is C=C(/C=C(\SCCC)c1ccccc1)NC(=NC)c1ccccc1Nc1ccccc1C(F)(F)F. The number of thioether (sulfide) groups is 1. The summed E-state index contributed by atoms with van der Waals surface area (Å²) in [7, 11) is 1.63. The van der Waals surface area contributed by atoms with E-state index in [-0.39, 0.29) is 5.69 Å². The third-order valence-electron chi connectivity index (χ3n) is 5.01. The van der Waals surface area contributed by atoms with E-state index in [1.54, 1.807) is 43.1 Å². The average Bonchev–Trinajstić information content (AvgIpc) is 2.86. The lowest BCUT2D eigenvalue weighted by Crippen LogP contribution is -2.23. The number of rotatable bonds is 9. The monoisotopic (exact) mass is 495 g/mol. The molecule has 0 spiro atoms. The molecule has 0 radical (unpaired) electrons. The van der Waals surface area contributed by atoms with Crippen molar-refractivity contribution in [3.8, 4) is 0 Å². The van der Waals surface area contributed by atoms with Crippen molar-refractivity contribution in [3.05, 3.63) is 114 Å². The minimum atomic E-state index is -4.47. The maximum Gasteiger partial charge on any atom is 0.418 e. The van der Waals surface area contributed by atoms with Gasteiger partial charge in [-0.25, -0.2) is 0 Å². The van der Waals surface area contributed by atoms with Gasteiger partial charge in [-0.2, -0.15) is 13.2 Å². The fraction of sp³-hybridized carbons (Fsp3) is 0.179. The Morgan fingerprint density at radius 2 is 1.57 bits per heavy atom. The van der Waals surface area contributed by atoms with E-state index in [2.05, 4.69) is 29.1 Å². The maximum atomic E-state index is 13.5. The molecular formula is C28H28F3N3S. The van der Waals surface area contributed by atoms with Crippen LogP contribution in [0.1, 0.15) is 30.0 Å². The zero-order valence-electron chi connectivity index (χ0n) is 19.7. The number of benzene rings is 3. The maximum absolute atomic E-state index is 13.5. The largest absolute Gasteiger partial charge is 0.418 e. The minimum absolute atomic E-state index is 0.0241. The number of anilines is 2. The van der Waals surface area contributed by atoms with Crippen molar-refractivity contribution in [1.82, 2.24) is 5.32 Å². The van der Waals surface area contributed by atoms with Crippen LogP contribution in [0.15, 0.2) is 102 Å². The first kappa shape index (κ1) is 26.2. The fourth-order valence-corrected chi connectivity index (χ4v) is 4.35. The standard InChI is InChI=1S/C28H28F3N3S/c1-4-18-35-26(21-12-6-5-7-13-21)19-20(2)33-27(32-3)22-14-8-10-16-24(22)34-25-17-11-9-15-23(25)28(29,30)31/h5-17,19,34H,2,4,18H2,1,3H3,(H,32,33)/b26-19-. The van der Waals surface area contributed by atoms with Gasteiger partial charge in [0.25, 0.3) is 0 Å². The highest BCUT2D eigenvalue weighted by Crippen LogP contribution is 2.36. The zero-order chi connectivity index (χ0) is 25.3. The molecule has 3 aromatic carbocycles. The molecule has 0 unspecified atom stereocenters. The molecule has 3 rings (SSSR count). The van der Waals surface area contributed by atoms with Crippen LogP contribution in [-0.2, 0) is 6.18 Å². The van der Waals surface area contributed by atoms with Crippen LogP contribution in [0.3, 0.4) is 0 Å². The van der Waals surface area contributed by atoms with E-state index in [1.807, 2.05) is 42.5 Å². The highest BCUT2D eigenvalue weighted by molar-refractivity contribution is 8.08. The fourth-order valence-electron chi connectivity index (χ4n) is 3.40. The van der Waals surface area contributed by atoms with E-state index >= 15 is 0 Å². The molecule has 0 fully saturated rings. The van der Waals surface area contributed by atoms with Gasteiger partial charge in [0.2, 0.25) is 0 Å². The van der Waals surface area contributed by atoms with Crippen molar-refractivity contribution in [1.29, 1.82) is 0 Å². The van der Waals surface area contributed by atoms with Crippen molar-refractivity contribution in [2.75, 3.05) is 18.1 Å². The summed E-state index contributed by atoms with van der Waals surface area (Å²) in [6.45, 7) is 6.28. The van der Waals surface area contributed by atoms with Crippen LogP contribution in [0.5, 0.6) is 0 Å². The molecule has 0 amide bonds.